The summed E-state index contributed by atoms with van der Waals surface area (Å²) in [5.74, 6) is 0. The lowest BCUT2D eigenvalue weighted by Gasteiger charge is -2.05. The second-order valence-corrected chi connectivity index (χ2v) is 1.39. The second-order valence-electron chi connectivity index (χ2n) is 0.962. The molecule has 3 nitrogen and oxygen atoms in total. The van der Waals surface area contributed by atoms with Crippen molar-refractivity contribution in [3.05, 3.63) is 0 Å². The third kappa shape index (κ3) is 3.61. The quantitative estimate of drug-likeness (QED) is 0.307. The fourth-order valence-corrected chi connectivity index (χ4v) is 0.341. The number of nitrogens with one attached hydrogen (secondary N) is 1. The SMILES string of the molecule is CCNN(S)C=O. The highest BCUT2D eigenvalue weighted by Gasteiger charge is 1.83. The predicted octanol–water partition coefficient (Wildman–Crippen LogP) is -0.186. The lowest BCUT2D eigenvalue weighted by molar-refractivity contribution is -0.115. The Morgan fingerprint density at radius 1 is 2.00 bits per heavy atom. The van der Waals surface area contributed by atoms with Crippen LogP contribution in [0.25, 0.3) is 0 Å². The maximum atomic E-state index is 9.68. The predicted molar refractivity (Wildman–Crippen MR) is 30.6 cm³/mol. The van der Waals surface area contributed by atoms with E-state index in [9.17, 15) is 4.79 Å². The molecule has 0 spiro atoms. The molecule has 0 atom stereocenters. The van der Waals surface area contributed by atoms with E-state index in [-0.39, 0.29) is 0 Å². The van der Waals surface area contributed by atoms with E-state index in [1.807, 2.05) is 6.92 Å². The van der Waals surface area contributed by atoms with Crippen LogP contribution >= 0.6 is 12.8 Å². The second kappa shape index (κ2) is 3.95. The number of nitrogens with zero attached hydrogens (tertiary/aromatic N) is 1. The molecule has 0 bridgehead atoms. The zero-order chi connectivity index (χ0) is 5.70. The third-order valence-corrected chi connectivity index (χ3v) is 0.656. The summed E-state index contributed by atoms with van der Waals surface area (Å²) >= 11 is 3.66. The highest BCUT2D eigenvalue weighted by Crippen LogP contribution is 1.75. The zero-order valence-electron chi connectivity index (χ0n) is 4.09. The minimum absolute atomic E-state index is 0.590. The van der Waals surface area contributed by atoms with Gasteiger partial charge in [0.05, 0.1) is 0 Å². The van der Waals surface area contributed by atoms with Crippen molar-refractivity contribution in [3.8, 4) is 0 Å². The molecule has 0 unspecified atom stereocenters. The third-order valence-electron chi connectivity index (χ3n) is 0.420. The minimum Gasteiger partial charge on any atom is -0.276 e. The molecule has 1 amide bonds. The van der Waals surface area contributed by atoms with Crippen LogP contribution in [0.1, 0.15) is 6.92 Å². The van der Waals surface area contributed by atoms with Gasteiger partial charge < -0.3 is 0 Å². The molecule has 4 heteroatoms. The molecule has 0 radical (unpaired) electrons. The van der Waals surface area contributed by atoms with E-state index in [2.05, 4.69) is 18.2 Å². The highest BCUT2D eigenvalue weighted by atomic mass is 32.1. The van der Waals surface area contributed by atoms with E-state index in [1.54, 1.807) is 0 Å². The summed E-state index contributed by atoms with van der Waals surface area (Å²) in [6.07, 6.45) is 0.590. The van der Waals surface area contributed by atoms with Gasteiger partial charge in [0.1, 0.15) is 0 Å². The molecule has 0 fully saturated rings. The Morgan fingerprint density at radius 2 is 2.57 bits per heavy atom. The molecule has 0 aliphatic heterocycles. The Morgan fingerprint density at radius 3 is 2.71 bits per heavy atom. The number of amides is 1. The van der Waals surface area contributed by atoms with Gasteiger partial charge >= 0.3 is 0 Å². The van der Waals surface area contributed by atoms with Crippen molar-refractivity contribution in [3.63, 3.8) is 0 Å². The standard InChI is InChI=1S/C3H8N2OS/c1-2-4-5(7)3-6/h3-4,7H,2H2,1H3. The van der Waals surface area contributed by atoms with Crippen LogP contribution in [-0.4, -0.2) is 17.4 Å². The number of carbonyl (C=O) groups is 1. The molecule has 0 saturated carbocycles. The van der Waals surface area contributed by atoms with Crippen molar-refractivity contribution in [2.24, 2.45) is 0 Å². The molecule has 7 heavy (non-hydrogen) atoms. The molecule has 0 aliphatic carbocycles. The zero-order valence-corrected chi connectivity index (χ0v) is 4.98. The van der Waals surface area contributed by atoms with E-state index in [0.717, 1.165) is 4.41 Å². The number of carbonyl (C=O) groups excluding carboxylic acids is 1. The first-order chi connectivity index (χ1) is 3.31. The summed E-state index contributed by atoms with van der Waals surface area (Å²) in [5, 5.41) is 0. The number of rotatable bonds is 3. The van der Waals surface area contributed by atoms with Gasteiger partial charge in [-0.1, -0.05) is 6.92 Å². The van der Waals surface area contributed by atoms with Crippen molar-refractivity contribution >= 4 is 19.2 Å². The number of hydrogen-bond acceptors (Lipinski definition) is 3. The van der Waals surface area contributed by atoms with E-state index in [4.69, 9.17) is 0 Å². The van der Waals surface area contributed by atoms with Gasteiger partial charge in [0.15, 0.2) is 0 Å². The Kier molecular flexibility index (Phi) is 3.83. The fraction of sp³-hybridized carbons (Fsp3) is 0.667. The lowest BCUT2D eigenvalue weighted by atomic mass is 10.8. The number of hydrogen-bond donors (Lipinski definition) is 2. The molecule has 0 heterocycles. The van der Waals surface area contributed by atoms with Gasteiger partial charge in [0.25, 0.3) is 0 Å². The first-order valence-corrected chi connectivity index (χ1v) is 2.38. The van der Waals surface area contributed by atoms with E-state index in [0.29, 0.717) is 13.0 Å². The van der Waals surface area contributed by atoms with Crippen LogP contribution < -0.4 is 5.43 Å². The Labute approximate surface area is 48.2 Å². The van der Waals surface area contributed by atoms with Crippen LogP contribution in [0.15, 0.2) is 0 Å². The summed E-state index contributed by atoms with van der Waals surface area (Å²) in [7, 11) is 0. The normalized spacial score (nSPS) is 8.29. The summed E-state index contributed by atoms with van der Waals surface area (Å²) in [6, 6.07) is 0. The first-order valence-electron chi connectivity index (χ1n) is 1.98. The summed E-state index contributed by atoms with van der Waals surface area (Å²) < 4.78 is 1.07. The van der Waals surface area contributed by atoms with Gasteiger partial charge in [-0.3, -0.25) is 4.79 Å². The first kappa shape index (κ1) is 6.78. The smallest absolute Gasteiger partial charge is 0.234 e. The molecule has 0 rings (SSSR count). The van der Waals surface area contributed by atoms with Crippen LogP contribution in [0.5, 0.6) is 0 Å². The van der Waals surface area contributed by atoms with Crippen molar-refractivity contribution < 1.29 is 4.79 Å². The largest absolute Gasteiger partial charge is 0.276 e. The van der Waals surface area contributed by atoms with Crippen molar-refractivity contribution in [1.82, 2.24) is 9.84 Å². The van der Waals surface area contributed by atoms with Crippen LogP contribution in [0.4, 0.5) is 0 Å². The van der Waals surface area contributed by atoms with Crippen LogP contribution in [0.3, 0.4) is 0 Å². The minimum atomic E-state index is 0.590. The highest BCUT2D eigenvalue weighted by molar-refractivity contribution is 7.78. The van der Waals surface area contributed by atoms with Gasteiger partial charge in [-0.05, 0) is 12.8 Å². The molecular formula is C3H8N2OS. The Bertz CT molecular complexity index is 58.9. The maximum absolute atomic E-state index is 9.68. The van der Waals surface area contributed by atoms with Crippen LogP contribution in [0, 0.1) is 0 Å². The molecular weight excluding hydrogens is 112 g/mol. The maximum Gasteiger partial charge on any atom is 0.234 e. The molecule has 0 saturated heterocycles. The van der Waals surface area contributed by atoms with Crippen LogP contribution in [-0.2, 0) is 4.79 Å². The van der Waals surface area contributed by atoms with Crippen molar-refractivity contribution in [2.45, 2.75) is 6.92 Å². The summed E-state index contributed by atoms with van der Waals surface area (Å²) in [5.41, 5.74) is 2.62. The van der Waals surface area contributed by atoms with Gasteiger partial charge in [-0.25, -0.2) is 9.84 Å². The summed E-state index contributed by atoms with van der Waals surface area (Å²) in [4.78, 5) is 9.68. The summed E-state index contributed by atoms with van der Waals surface area (Å²) in [6.45, 7) is 2.59. The molecule has 0 aliphatic rings. The molecule has 0 aromatic rings. The molecule has 0 aromatic carbocycles. The van der Waals surface area contributed by atoms with E-state index in [1.165, 1.54) is 0 Å². The van der Waals surface area contributed by atoms with Gasteiger partial charge in [0, 0.05) is 6.54 Å². The molecule has 42 valence electrons. The number of thiol groups is 1. The average molecular weight is 120 g/mol. The average Bonchev–Trinajstić information content (AvgIpc) is 1.68. The molecule has 0 aromatic heterocycles. The lowest BCUT2D eigenvalue weighted by Crippen LogP contribution is -2.27. The monoisotopic (exact) mass is 120 g/mol. The van der Waals surface area contributed by atoms with E-state index < -0.39 is 0 Å². The van der Waals surface area contributed by atoms with Gasteiger partial charge in [-0.15, -0.1) is 0 Å². The topological polar surface area (TPSA) is 32.3 Å². The molecule has 1 N–H and O–H groups in total. The van der Waals surface area contributed by atoms with Crippen molar-refractivity contribution in [2.75, 3.05) is 6.54 Å². The van der Waals surface area contributed by atoms with Crippen molar-refractivity contribution in [1.29, 1.82) is 0 Å². The van der Waals surface area contributed by atoms with E-state index >= 15 is 0 Å². The number of hydrazine groups is 1. The van der Waals surface area contributed by atoms with Gasteiger partial charge in [0.2, 0.25) is 6.41 Å². The fourth-order valence-electron chi connectivity index (χ4n) is 0.199. The van der Waals surface area contributed by atoms with Crippen LogP contribution in [0.2, 0.25) is 0 Å². The van der Waals surface area contributed by atoms with Gasteiger partial charge in [-0.2, -0.15) is 0 Å². The Hall–Kier alpha value is -0.220. The Balaban J connectivity index is 2.98.